The maximum Gasteiger partial charge on any atom is 0.222 e. The van der Waals surface area contributed by atoms with Crippen LogP contribution in [0.25, 0.3) is 0 Å². The van der Waals surface area contributed by atoms with Crippen molar-refractivity contribution in [2.24, 2.45) is 4.99 Å². The van der Waals surface area contributed by atoms with Gasteiger partial charge in [-0.15, -0.1) is 0 Å². The molecule has 2 aromatic rings. The first kappa shape index (κ1) is 23.4. The Kier molecular flexibility index (Phi) is 8.78. The Morgan fingerprint density at radius 2 is 1.94 bits per heavy atom. The topological polar surface area (TPSA) is 75.2 Å². The Morgan fingerprint density at radius 1 is 1.12 bits per heavy atom. The lowest BCUT2D eigenvalue weighted by molar-refractivity contribution is -0.132. The summed E-state index contributed by atoms with van der Waals surface area (Å²) in [5.41, 5.74) is 3.47. The van der Waals surface area contributed by atoms with Gasteiger partial charge in [0, 0.05) is 44.4 Å². The van der Waals surface area contributed by atoms with Gasteiger partial charge in [0.1, 0.15) is 0 Å². The van der Waals surface area contributed by atoms with E-state index < -0.39 is 0 Å². The Bertz CT molecular complexity index is 929. The van der Waals surface area contributed by atoms with Crippen LogP contribution in [0, 0.1) is 0 Å². The molecular formula is C25H34N4O3. The van der Waals surface area contributed by atoms with Gasteiger partial charge in [0.05, 0.1) is 13.7 Å². The highest BCUT2D eigenvalue weighted by molar-refractivity contribution is 5.94. The van der Waals surface area contributed by atoms with Crippen LogP contribution in [0.4, 0.5) is 5.69 Å². The first-order valence-corrected chi connectivity index (χ1v) is 11.3. The summed E-state index contributed by atoms with van der Waals surface area (Å²) in [7, 11) is 1.62. The molecule has 2 aromatic carbocycles. The number of carbonyl (C=O) groups is 1. The number of hydrogen-bond donors (Lipinski definition) is 2. The van der Waals surface area contributed by atoms with E-state index in [9.17, 15) is 4.79 Å². The number of anilines is 1. The Hall–Kier alpha value is -3.22. The molecule has 1 aliphatic heterocycles. The van der Waals surface area contributed by atoms with Gasteiger partial charge in [0.2, 0.25) is 5.91 Å². The van der Waals surface area contributed by atoms with Gasteiger partial charge in [-0.2, -0.15) is 0 Å². The van der Waals surface area contributed by atoms with Gasteiger partial charge in [0.15, 0.2) is 17.5 Å². The molecule has 0 saturated heterocycles. The molecule has 2 N–H and O–H groups in total. The van der Waals surface area contributed by atoms with Gasteiger partial charge in [-0.3, -0.25) is 9.79 Å². The molecule has 172 valence electrons. The lowest BCUT2D eigenvalue weighted by atomic mass is 9.99. The predicted octanol–water partition coefficient (Wildman–Crippen LogP) is 3.84. The molecular weight excluding hydrogens is 404 g/mol. The van der Waals surface area contributed by atoms with Crippen LogP contribution in [0.2, 0.25) is 0 Å². The fourth-order valence-corrected chi connectivity index (χ4v) is 3.75. The number of benzene rings is 2. The van der Waals surface area contributed by atoms with E-state index in [1.165, 1.54) is 11.1 Å². The van der Waals surface area contributed by atoms with Crippen molar-refractivity contribution in [3.63, 3.8) is 0 Å². The van der Waals surface area contributed by atoms with Crippen molar-refractivity contribution in [1.29, 1.82) is 0 Å². The zero-order chi connectivity index (χ0) is 22.8. The molecule has 0 aromatic heterocycles. The molecule has 0 saturated carbocycles. The molecule has 0 unspecified atom stereocenters. The number of fused-ring (bicyclic) bond motifs is 1. The molecule has 0 radical (unpaired) electrons. The number of nitrogens with one attached hydrogen (secondary N) is 2. The van der Waals surface area contributed by atoms with Crippen LogP contribution in [0.1, 0.15) is 37.8 Å². The summed E-state index contributed by atoms with van der Waals surface area (Å²) in [6.45, 7) is 7.36. The van der Waals surface area contributed by atoms with Crippen molar-refractivity contribution in [2.75, 3.05) is 38.7 Å². The van der Waals surface area contributed by atoms with Gasteiger partial charge in [-0.05, 0) is 49.9 Å². The van der Waals surface area contributed by atoms with Crippen molar-refractivity contribution in [3.8, 4) is 11.5 Å². The van der Waals surface area contributed by atoms with E-state index in [0.29, 0.717) is 50.0 Å². The molecule has 0 aliphatic carbocycles. The molecule has 7 heteroatoms. The van der Waals surface area contributed by atoms with Crippen LogP contribution in [0.15, 0.2) is 47.5 Å². The molecule has 0 bridgehead atoms. The van der Waals surface area contributed by atoms with Crippen LogP contribution >= 0.6 is 0 Å². The van der Waals surface area contributed by atoms with Crippen LogP contribution in [0.5, 0.6) is 11.5 Å². The maximum absolute atomic E-state index is 12.6. The van der Waals surface area contributed by atoms with Gasteiger partial charge in [-0.1, -0.05) is 24.3 Å². The second kappa shape index (κ2) is 12.0. The second-order valence-corrected chi connectivity index (χ2v) is 7.62. The molecule has 0 spiro atoms. The van der Waals surface area contributed by atoms with E-state index in [2.05, 4.69) is 33.8 Å². The van der Waals surface area contributed by atoms with Crippen LogP contribution < -0.4 is 20.1 Å². The zero-order valence-corrected chi connectivity index (χ0v) is 19.3. The van der Waals surface area contributed by atoms with E-state index >= 15 is 0 Å². The van der Waals surface area contributed by atoms with E-state index in [1.54, 1.807) is 7.11 Å². The van der Waals surface area contributed by atoms with E-state index in [-0.39, 0.29) is 5.91 Å². The molecule has 0 fully saturated rings. The third-order valence-electron chi connectivity index (χ3n) is 5.37. The average molecular weight is 439 g/mol. The highest BCUT2D eigenvalue weighted by Gasteiger charge is 2.19. The molecule has 3 rings (SSSR count). The van der Waals surface area contributed by atoms with Crippen molar-refractivity contribution in [1.82, 2.24) is 10.2 Å². The third-order valence-corrected chi connectivity index (χ3v) is 5.37. The highest BCUT2D eigenvalue weighted by Crippen LogP contribution is 2.30. The Labute approximate surface area is 190 Å². The monoisotopic (exact) mass is 438 g/mol. The minimum absolute atomic E-state index is 0.198. The quantitative estimate of drug-likeness (QED) is 0.354. The van der Waals surface area contributed by atoms with Crippen LogP contribution in [-0.4, -0.2) is 50.1 Å². The molecule has 7 nitrogen and oxygen atoms in total. The fraction of sp³-hybridized carbons (Fsp3) is 0.440. The number of nitrogens with zero attached hydrogens (tertiary/aromatic N) is 2. The number of rotatable bonds is 9. The third kappa shape index (κ3) is 6.39. The highest BCUT2D eigenvalue weighted by atomic mass is 16.5. The van der Waals surface area contributed by atoms with Gasteiger partial charge in [0.25, 0.3) is 0 Å². The number of aliphatic imine (C=N–C) groups is 1. The number of amides is 1. The lowest BCUT2D eigenvalue weighted by Crippen LogP contribution is -2.35. The van der Waals surface area contributed by atoms with Gasteiger partial charge >= 0.3 is 0 Å². The minimum atomic E-state index is 0.198. The van der Waals surface area contributed by atoms with Crippen LogP contribution in [-0.2, 0) is 17.8 Å². The van der Waals surface area contributed by atoms with Crippen LogP contribution in [0.3, 0.4) is 0 Å². The van der Waals surface area contributed by atoms with Gasteiger partial charge in [-0.25, -0.2) is 0 Å². The molecule has 1 amide bonds. The van der Waals surface area contributed by atoms with Crippen molar-refractivity contribution >= 4 is 17.6 Å². The largest absolute Gasteiger partial charge is 0.493 e. The van der Waals surface area contributed by atoms with Crippen molar-refractivity contribution < 1.29 is 14.3 Å². The average Bonchev–Trinajstić information content (AvgIpc) is 2.82. The van der Waals surface area contributed by atoms with E-state index in [1.807, 2.05) is 43.0 Å². The standard InChI is InChI=1S/C25H34N4O3/c1-4-26-25(28-21-12-13-22(32-5-2)23(17-21)31-3)27-15-8-11-24(30)29-16-14-19-9-6-7-10-20(19)18-29/h6-7,9-10,12-13,17H,4-5,8,11,14-16,18H2,1-3H3,(H2,26,27,28). The Balaban J connectivity index is 1.51. The lowest BCUT2D eigenvalue weighted by Gasteiger charge is -2.28. The number of methoxy groups -OCH3 is 1. The van der Waals surface area contributed by atoms with Crippen molar-refractivity contribution in [3.05, 3.63) is 53.6 Å². The summed E-state index contributed by atoms with van der Waals surface area (Å²) < 4.78 is 11.0. The van der Waals surface area contributed by atoms with Gasteiger partial charge < -0.3 is 25.0 Å². The number of carbonyl (C=O) groups excluding carboxylic acids is 1. The molecule has 1 heterocycles. The maximum atomic E-state index is 12.6. The van der Waals surface area contributed by atoms with E-state index in [0.717, 1.165) is 25.2 Å². The number of ether oxygens (including phenoxy) is 2. The summed E-state index contributed by atoms with van der Waals surface area (Å²) >= 11 is 0. The smallest absolute Gasteiger partial charge is 0.222 e. The first-order chi connectivity index (χ1) is 15.6. The van der Waals surface area contributed by atoms with E-state index in [4.69, 9.17) is 9.47 Å². The second-order valence-electron chi connectivity index (χ2n) is 7.62. The molecule has 0 atom stereocenters. The SMILES string of the molecule is CCNC(=NCCCC(=O)N1CCc2ccccc2C1)Nc1ccc(OCC)c(OC)c1. The fourth-order valence-electron chi connectivity index (χ4n) is 3.75. The predicted molar refractivity (Wildman–Crippen MR) is 129 cm³/mol. The first-order valence-electron chi connectivity index (χ1n) is 11.3. The summed E-state index contributed by atoms with van der Waals surface area (Å²) in [4.78, 5) is 19.2. The summed E-state index contributed by atoms with van der Waals surface area (Å²) in [6, 6.07) is 14.1. The van der Waals surface area contributed by atoms with Crippen molar-refractivity contribution in [2.45, 2.75) is 39.7 Å². The zero-order valence-electron chi connectivity index (χ0n) is 19.3. The molecule has 32 heavy (non-hydrogen) atoms. The minimum Gasteiger partial charge on any atom is -0.493 e. The summed E-state index contributed by atoms with van der Waals surface area (Å²) in [6.07, 6.45) is 2.14. The summed E-state index contributed by atoms with van der Waals surface area (Å²) in [5, 5.41) is 6.54. The number of guanidine groups is 1. The summed E-state index contributed by atoms with van der Waals surface area (Å²) in [5.74, 6) is 2.25. The number of hydrogen-bond acceptors (Lipinski definition) is 4. The normalized spacial score (nSPS) is 13.3. The molecule has 1 aliphatic rings. The Morgan fingerprint density at radius 3 is 2.69 bits per heavy atom.